The number of nitro benzene ring substituents is 1. The molecular weight excluding hydrogens is 436 g/mol. The average Bonchev–Trinajstić information content (AvgIpc) is 3.44. The summed E-state index contributed by atoms with van der Waals surface area (Å²) >= 11 is 0. The van der Waals surface area contributed by atoms with E-state index >= 15 is 0 Å². The summed E-state index contributed by atoms with van der Waals surface area (Å²) in [5.74, 6) is 0.868. The number of fused-ring (bicyclic) bond motifs is 2. The molecule has 3 aromatic carbocycles. The molecule has 9 nitrogen and oxygen atoms in total. The van der Waals surface area contributed by atoms with Gasteiger partial charge >= 0.3 is 0 Å². The van der Waals surface area contributed by atoms with E-state index in [9.17, 15) is 14.9 Å². The lowest BCUT2D eigenvalue weighted by molar-refractivity contribution is -0.384. The highest BCUT2D eigenvalue weighted by Gasteiger charge is 2.30. The summed E-state index contributed by atoms with van der Waals surface area (Å²) in [6, 6.07) is 17.7. The van der Waals surface area contributed by atoms with Gasteiger partial charge in [-0.3, -0.25) is 14.9 Å². The summed E-state index contributed by atoms with van der Waals surface area (Å²) in [6.07, 6.45) is 0. The Balaban J connectivity index is 1.60. The third-order valence-corrected chi connectivity index (χ3v) is 5.67. The van der Waals surface area contributed by atoms with Crippen molar-refractivity contribution in [3.8, 4) is 11.5 Å². The van der Waals surface area contributed by atoms with Crippen molar-refractivity contribution in [3.05, 3.63) is 87.5 Å². The van der Waals surface area contributed by atoms with Gasteiger partial charge in [-0.05, 0) is 48.5 Å². The third-order valence-electron chi connectivity index (χ3n) is 5.67. The second kappa shape index (κ2) is 8.87. The summed E-state index contributed by atoms with van der Waals surface area (Å²) < 4.78 is 11.0. The molecule has 0 bridgehead atoms. The molecule has 0 saturated carbocycles. The zero-order valence-corrected chi connectivity index (χ0v) is 18.4. The van der Waals surface area contributed by atoms with Crippen LogP contribution >= 0.6 is 0 Å². The molecule has 5 rings (SSSR count). The predicted octanol–water partition coefficient (Wildman–Crippen LogP) is 4.37. The van der Waals surface area contributed by atoms with Gasteiger partial charge in [-0.25, -0.2) is 0 Å². The van der Waals surface area contributed by atoms with Crippen molar-refractivity contribution < 1.29 is 19.2 Å². The van der Waals surface area contributed by atoms with Gasteiger partial charge in [-0.15, -0.1) is 0 Å². The molecule has 2 heterocycles. The van der Waals surface area contributed by atoms with E-state index in [1.54, 1.807) is 12.1 Å². The van der Waals surface area contributed by atoms with Crippen LogP contribution in [-0.4, -0.2) is 24.2 Å². The number of nitro groups is 1. The predicted molar refractivity (Wildman–Crippen MR) is 129 cm³/mol. The molecule has 0 aromatic heterocycles. The fraction of sp³-hybridized carbons (Fsp3) is 0.160. The first-order valence-corrected chi connectivity index (χ1v) is 10.8. The number of hydrogen-bond donors (Lipinski definition) is 3. The molecule has 2 aliphatic rings. The third kappa shape index (κ3) is 4.04. The second-order valence-electron chi connectivity index (χ2n) is 7.86. The van der Waals surface area contributed by atoms with Crippen LogP contribution in [-0.2, 0) is 11.3 Å². The van der Waals surface area contributed by atoms with Gasteiger partial charge in [0.2, 0.25) is 6.79 Å². The highest BCUT2D eigenvalue weighted by molar-refractivity contribution is 6.37. The number of ether oxygens (including phenoxy) is 2. The van der Waals surface area contributed by atoms with E-state index in [4.69, 9.17) is 9.47 Å². The van der Waals surface area contributed by atoms with E-state index in [1.807, 2.05) is 36.4 Å². The summed E-state index contributed by atoms with van der Waals surface area (Å²) in [5.41, 5.74) is 4.49. The number of nitrogens with one attached hydrogen (secondary N) is 3. The Labute approximate surface area is 195 Å². The van der Waals surface area contributed by atoms with Crippen LogP contribution < -0.4 is 25.4 Å². The minimum absolute atomic E-state index is 0.0887. The average molecular weight is 458 g/mol. The zero-order valence-electron chi connectivity index (χ0n) is 18.4. The van der Waals surface area contributed by atoms with Gasteiger partial charge in [0, 0.05) is 35.5 Å². The number of nitrogens with zero attached hydrogens (tertiary/aromatic N) is 1. The summed E-state index contributed by atoms with van der Waals surface area (Å²) in [4.78, 5) is 23.8. The van der Waals surface area contributed by atoms with Gasteiger partial charge in [-0.1, -0.05) is 19.1 Å². The molecule has 3 aromatic rings. The fourth-order valence-corrected chi connectivity index (χ4v) is 3.97. The molecule has 34 heavy (non-hydrogen) atoms. The van der Waals surface area contributed by atoms with E-state index in [0.29, 0.717) is 34.0 Å². The number of hydrogen-bond acceptors (Lipinski definition) is 7. The number of rotatable bonds is 7. The van der Waals surface area contributed by atoms with Gasteiger partial charge in [0.05, 0.1) is 21.9 Å². The molecule has 0 aliphatic carbocycles. The lowest BCUT2D eigenvalue weighted by Crippen LogP contribution is -2.12. The number of carbonyl (C=O) groups excluding carboxylic acids is 1. The van der Waals surface area contributed by atoms with E-state index in [1.165, 1.54) is 12.1 Å². The highest BCUT2D eigenvalue weighted by Crippen LogP contribution is 2.41. The first-order chi connectivity index (χ1) is 16.5. The molecule has 0 radical (unpaired) electrons. The van der Waals surface area contributed by atoms with Gasteiger partial charge in [0.25, 0.3) is 11.6 Å². The van der Waals surface area contributed by atoms with Gasteiger partial charge < -0.3 is 25.4 Å². The molecular formula is C25H22N4O5. The van der Waals surface area contributed by atoms with E-state index < -0.39 is 4.92 Å². The van der Waals surface area contributed by atoms with Crippen LogP contribution in [0.15, 0.2) is 60.7 Å². The second-order valence-corrected chi connectivity index (χ2v) is 7.86. The lowest BCUT2D eigenvalue weighted by Gasteiger charge is -2.16. The van der Waals surface area contributed by atoms with Gasteiger partial charge in [0.15, 0.2) is 11.5 Å². The van der Waals surface area contributed by atoms with Crippen molar-refractivity contribution in [3.63, 3.8) is 0 Å². The van der Waals surface area contributed by atoms with Crippen molar-refractivity contribution in [1.29, 1.82) is 0 Å². The molecule has 2 aliphatic heterocycles. The van der Waals surface area contributed by atoms with Crippen LogP contribution in [0.25, 0.3) is 11.3 Å². The Kier molecular flexibility index (Phi) is 5.60. The van der Waals surface area contributed by atoms with Crippen molar-refractivity contribution >= 4 is 34.2 Å². The minimum atomic E-state index is -0.486. The molecule has 0 fully saturated rings. The first kappa shape index (κ1) is 21.5. The molecule has 3 N–H and O–H groups in total. The first-order valence-electron chi connectivity index (χ1n) is 10.8. The Bertz CT molecular complexity index is 1320. The maximum absolute atomic E-state index is 13.1. The molecule has 0 saturated heterocycles. The minimum Gasteiger partial charge on any atom is -0.454 e. The maximum atomic E-state index is 13.1. The van der Waals surface area contributed by atoms with Crippen LogP contribution in [0.5, 0.6) is 11.5 Å². The largest absolute Gasteiger partial charge is 0.454 e. The normalized spacial score (nSPS) is 15.0. The standard InChI is InChI=1S/C25H22N4O5/c1-2-26-13-15-3-6-17(7-4-15)27-24(16-5-10-21-22(11-16)34-14-33-21)23-19-9-8-18(29(31)32)12-20(19)28-25(23)30/h3-12,26-27H,2,13-14H2,1H3,(H,28,30)/b24-23-. The summed E-state index contributed by atoms with van der Waals surface area (Å²) in [7, 11) is 0. The summed E-state index contributed by atoms with van der Waals surface area (Å²) in [5, 5.41) is 20.6. The lowest BCUT2D eigenvalue weighted by atomic mass is 9.99. The number of benzene rings is 3. The monoisotopic (exact) mass is 458 g/mol. The van der Waals surface area contributed by atoms with Crippen LogP contribution in [0.2, 0.25) is 0 Å². The molecule has 1 amide bonds. The van der Waals surface area contributed by atoms with Crippen molar-refractivity contribution in [2.75, 3.05) is 24.0 Å². The number of carbonyl (C=O) groups is 1. The topological polar surface area (TPSA) is 115 Å². The van der Waals surface area contributed by atoms with E-state index in [0.717, 1.165) is 29.9 Å². The number of amides is 1. The molecule has 0 spiro atoms. The highest BCUT2D eigenvalue weighted by atomic mass is 16.7. The van der Waals surface area contributed by atoms with Crippen LogP contribution in [0.3, 0.4) is 0 Å². The molecule has 9 heteroatoms. The Morgan fingerprint density at radius 2 is 1.85 bits per heavy atom. The van der Waals surface area contributed by atoms with E-state index in [2.05, 4.69) is 22.9 Å². The van der Waals surface area contributed by atoms with Crippen LogP contribution in [0, 0.1) is 10.1 Å². The van der Waals surface area contributed by atoms with Crippen molar-refractivity contribution in [2.24, 2.45) is 0 Å². The Morgan fingerprint density at radius 1 is 1.06 bits per heavy atom. The van der Waals surface area contributed by atoms with Crippen molar-refractivity contribution in [2.45, 2.75) is 13.5 Å². The maximum Gasteiger partial charge on any atom is 0.271 e. The zero-order chi connectivity index (χ0) is 23.7. The smallest absolute Gasteiger partial charge is 0.271 e. The molecule has 0 unspecified atom stereocenters. The van der Waals surface area contributed by atoms with Gasteiger partial charge in [-0.2, -0.15) is 0 Å². The quantitative estimate of drug-likeness (QED) is 0.274. The van der Waals surface area contributed by atoms with Gasteiger partial charge in [0.1, 0.15) is 0 Å². The van der Waals surface area contributed by atoms with Crippen molar-refractivity contribution in [1.82, 2.24) is 5.32 Å². The number of non-ortho nitro benzene ring substituents is 1. The van der Waals surface area contributed by atoms with E-state index in [-0.39, 0.29) is 18.4 Å². The molecule has 172 valence electrons. The molecule has 0 atom stereocenters. The van der Waals surface area contributed by atoms with Crippen LogP contribution in [0.4, 0.5) is 17.1 Å². The summed E-state index contributed by atoms with van der Waals surface area (Å²) in [6.45, 7) is 3.84. The number of anilines is 2. The SMILES string of the molecule is CCNCc1ccc(N/C(=C2\C(=O)Nc3cc([N+](=O)[O-])ccc32)c2ccc3c(c2)OCO3)cc1. The fourth-order valence-electron chi connectivity index (χ4n) is 3.97. The Hall–Kier alpha value is -4.37. The Morgan fingerprint density at radius 3 is 2.62 bits per heavy atom. The van der Waals surface area contributed by atoms with Crippen LogP contribution in [0.1, 0.15) is 23.6 Å².